The molecule has 6 heteroatoms. The highest BCUT2D eigenvalue weighted by molar-refractivity contribution is 6.30. The van der Waals surface area contributed by atoms with E-state index in [9.17, 15) is 4.39 Å². The summed E-state index contributed by atoms with van der Waals surface area (Å²) in [4.78, 5) is 8.69. The lowest BCUT2D eigenvalue weighted by Gasteiger charge is -2.10. The fraction of sp³-hybridized carbons (Fsp3) is 0.0588. The predicted molar refractivity (Wildman–Crippen MR) is 91.2 cm³/mol. The van der Waals surface area contributed by atoms with Crippen LogP contribution in [0.3, 0.4) is 0 Å². The molecule has 4 nitrogen and oxygen atoms in total. The van der Waals surface area contributed by atoms with Gasteiger partial charge in [-0.05, 0) is 43.3 Å². The highest BCUT2D eigenvalue weighted by Gasteiger charge is 2.04. The third-order valence-electron chi connectivity index (χ3n) is 3.03. The minimum Gasteiger partial charge on any atom is -0.340 e. The Labute approximate surface area is 138 Å². The summed E-state index contributed by atoms with van der Waals surface area (Å²) in [6.45, 7) is 1.86. The van der Waals surface area contributed by atoms with Gasteiger partial charge in [0.2, 0.25) is 5.95 Å². The largest absolute Gasteiger partial charge is 0.340 e. The van der Waals surface area contributed by atoms with Gasteiger partial charge >= 0.3 is 0 Å². The predicted octanol–water partition coefficient (Wildman–Crippen LogP) is 5.06. The summed E-state index contributed by atoms with van der Waals surface area (Å²) < 4.78 is 13.2. The third-order valence-corrected chi connectivity index (χ3v) is 3.27. The fourth-order valence-electron chi connectivity index (χ4n) is 2.10. The molecule has 3 rings (SSSR count). The number of hydrogen-bond donors (Lipinski definition) is 2. The molecule has 0 fully saturated rings. The van der Waals surface area contributed by atoms with Crippen molar-refractivity contribution in [3.63, 3.8) is 0 Å². The first-order chi connectivity index (χ1) is 11.1. The van der Waals surface area contributed by atoms with Crippen LogP contribution in [0.25, 0.3) is 0 Å². The topological polar surface area (TPSA) is 49.8 Å². The molecule has 0 aliphatic heterocycles. The minimum atomic E-state index is -0.320. The molecule has 0 radical (unpaired) electrons. The number of anilines is 4. The van der Waals surface area contributed by atoms with E-state index >= 15 is 0 Å². The van der Waals surface area contributed by atoms with Gasteiger partial charge in [-0.3, -0.25) is 0 Å². The smallest absolute Gasteiger partial charge is 0.229 e. The molecule has 23 heavy (non-hydrogen) atoms. The summed E-state index contributed by atoms with van der Waals surface area (Å²) in [5.41, 5.74) is 2.19. The molecule has 0 saturated heterocycles. The second-order valence-electron chi connectivity index (χ2n) is 4.99. The van der Waals surface area contributed by atoms with E-state index in [0.717, 1.165) is 11.4 Å². The lowest BCUT2D eigenvalue weighted by molar-refractivity contribution is 0.628. The van der Waals surface area contributed by atoms with E-state index in [1.54, 1.807) is 24.3 Å². The Hall–Kier alpha value is -2.66. The van der Waals surface area contributed by atoms with Crippen LogP contribution in [0, 0.1) is 12.7 Å². The van der Waals surface area contributed by atoms with Crippen LogP contribution in [0.15, 0.2) is 54.6 Å². The molecule has 0 spiro atoms. The number of nitrogens with one attached hydrogen (secondary N) is 2. The summed E-state index contributed by atoms with van der Waals surface area (Å²) in [6.07, 6.45) is 0. The Bertz CT molecular complexity index is 773. The van der Waals surface area contributed by atoms with Crippen molar-refractivity contribution in [1.82, 2.24) is 9.97 Å². The van der Waals surface area contributed by atoms with Crippen molar-refractivity contribution in [2.75, 3.05) is 10.6 Å². The van der Waals surface area contributed by atoms with E-state index in [0.29, 0.717) is 22.5 Å². The zero-order chi connectivity index (χ0) is 16.2. The van der Waals surface area contributed by atoms with Crippen molar-refractivity contribution in [3.8, 4) is 0 Å². The van der Waals surface area contributed by atoms with Crippen LogP contribution in [0.2, 0.25) is 5.02 Å². The van der Waals surface area contributed by atoms with Gasteiger partial charge in [-0.15, -0.1) is 0 Å². The number of hydrogen-bond acceptors (Lipinski definition) is 4. The summed E-state index contributed by atoms with van der Waals surface area (Å²) in [5.74, 6) is 0.693. The minimum absolute atomic E-state index is 0.320. The first kappa shape index (κ1) is 15.2. The molecule has 0 aliphatic rings. The second-order valence-corrected chi connectivity index (χ2v) is 5.43. The van der Waals surface area contributed by atoms with E-state index in [1.807, 2.05) is 25.1 Å². The molecule has 2 aromatic carbocycles. The van der Waals surface area contributed by atoms with Crippen molar-refractivity contribution in [1.29, 1.82) is 0 Å². The van der Waals surface area contributed by atoms with E-state index < -0.39 is 0 Å². The molecular formula is C17H14ClFN4. The van der Waals surface area contributed by atoms with Gasteiger partial charge in [-0.1, -0.05) is 23.7 Å². The maximum absolute atomic E-state index is 13.2. The van der Waals surface area contributed by atoms with Crippen molar-refractivity contribution in [2.45, 2.75) is 6.92 Å². The standard InChI is InChI=1S/C17H14ClFN4/c1-11-8-16(21-14-6-2-4-12(18)9-14)23-17(20-11)22-15-7-3-5-13(19)10-15/h2-10H,1H3,(H2,20,21,22,23). The first-order valence-corrected chi connectivity index (χ1v) is 7.37. The zero-order valence-electron chi connectivity index (χ0n) is 12.3. The van der Waals surface area contributed by atoms with E-state index in [1.165, 1.54) is 12.1 Å². The maximum Gasteiger partial charge on any atom is 0.229 e. The molecular weight excluding hydrogens is 315 g/mol. The van der Waals surface area contributed by atoms with Crippen molar-refractivity contribution in [3.05, 3.63) is 71.1 Å². The van der Waals surface area contributed by atoms with Crippen LogP contribution >= 0.6 is 11.6 Å². The molecule has 0 atom stereocenters. The van der Waals surface area contributed by atoms with Crippen LogP contribution in [-0.2, 0) is 0 Å². The normalized spacial score (nSPS) is 10.4. The number of halogens is 2. The van der Waals surface area contributed by atoms with Crippen LogP contribution in [-0.4, -0.2) is 9.97 Å². The van der Waals surface area contributed by atoms with Gasteiger partial charge in [-0.25, -0.2) is 9.37 Å². The highest BCUT2D eigenvalue weighted by atomic mass is 35.5. The zero-order valence-corrected chi connectivity index (χ0v) is 13.1. The van der Waals surface area contributed by atoms with Gasteiger partial charge in [0.15, 0.2) is 0 Å². The SMILES string of the molecule is Cc1cc(Nc2cccc(Cl)c2)nc(Nc2cccc(F)c2)n1. The molecule has 116 valence electrons. The average Bonchev–Trinajstić information content (AvgIpc) is 2.46. The highest BCUT2D eigenvalue weighted by Crippen LogP contribution is 2.21. The quantitative estimate of drug-likeness (QED) is 0.702. The number of benzene rings is 2. The molecule has 0 unspecified atom stereocenters. The summed E-state index contributed by atoms with van der Waals surface area (Å²) in [6, 6.07) is 15.3. The Morgan fingerprint density at radius 3 is 2.39 bits per heavy atom. The lowest BCUT2D eigenvalue weighted by atomic mass is 10.3. The number of aromatic nitrogens is 2. The van der Waals surface area contributed by atoms with Gasteiger partial charge in [0.1, 0.15) is 11.6 Å². The van der Waals surface area contributed by atoms with Crippen molar-refractivity contribution < 1.29 is 4.39 Å². The number of rotatable bonds is 4. The van der Waals surface area contributed by atoms with Gasteiger partial charge in [-0.2, -0.15) is 4.98 Å². The number of nitrogens with zero attached hydrogens (tertiary/aromatic N) is 2. The van der Waals surface area contributed by atoms with Gasteiger partial charge in [0.25, 0.3) is 0 Å². The molecule has 2 N–H and O–H groups in total. The molecule has 1 heterocycles. The van der Waals surface area contributed by atoms with Gasteiger partial charge in [0, 0.05) is 28.2 Å². The van der Waals surface area contributed by atoms with Crippen LogP contribution in [0.1, 0.15) is 5.69 Å². The van der Waals surface area contributed by atoms with E-state index in [4.69, 9.17) is 11.6 Å². The molecule has 0 saturated carbocycles. The number of aryl methyl sites for hydroxylation is 1. The van der Waals surface area contributed by atoms with E-state index in [2.05, 4.69) is 20.6 Å². The molecule has 0 aliphatic carbocycles. The lowest BCUT2D eigenvalue weighted by Crippen LogP contribution is -2.02. The van der Waals surface area contributed by atoms with Crippen LogP contribution < -0.4 is 10.6 Å². The Balaban J connectivity index is 1.84. The average molecular weight is 329 g/mol. The fourth-order valence-corrected chi connectivity index (χ4v) is 2.29. The van der Waals surface area contributed by atoms with Crippen molar-refractivity contribution >= 4 is 34.7 Å². The van der Waals surface area contributed by atoms with Crippen molar-refractivity contribution in [2.24, 2.45) is 0 Å². The molecule has 3 aromatic rings. The van der Waals surface area contributed by atoms with Gasteiger partial charge < -0.3 is 10.6 Å². The van der Waals surface area contributed by atoms with E-state index in [-0.39, 0.29) is 5.82 Å². The molecule has 1 aromatic heterocycles. The maximum atomic E-state index is 13.2. The summed E-state index contributed by atoms with van der Waals surface area (Å²) in [5, 5.41) is 6.81. The summed E-state index contributed by atoms with van der Waals surface area (Å²) >= 11 is 5.98. The second kappa shape index (κ2) is 6.62. The van der Waals surface area contributed by atoms with Crippen LogP contribution in [0.4, 0.5) is 27.5 Å². The Morgan fingerprint density at radius 1 is 0.913 bits per heavy atom. The van der Waals surface area contributed by atoms with Crippen LogP contribution in [0.5, 0.6) is 0 Å². The first-order valence-electron chi connectivity index (χ1n) is 6.99. The molecule has 0 bridgehead atoms. The Kier molecular flexibility index (Phi) is 4.39. The monoisotopic (exact) mass is 328 g/mol. The third kappa shape index (κ3) is 4.17. The summed E-state index contributed by atoms with van der Waals surface area (Å²) in [7, 11) is 0. The van der Waals surface area contributed by atoms with Gasteiger partial charge in [0.05, 0.1) is 0 Å². The molecule has 0 amide bonds. The Morgan fingerprint density at radius 2 is 1.65 bits per heavy atom.